The Balaban J connectivity index is 2.25. The van der Waals surface area contributed by atoms with Crippen LogP contribution in [0.5, 0.6) is 0 Å². The summed E-state index contributed by atoms with van der Waals surface area (Å²) in [5.41, 5.74) is 0. The topological polar surface area (TPSA) is 49.5 Å². The number of nitrogens with zero attached hydrogens (tertiary/aromatic N) is 1. The normalized spacial score (nSPS) is 28.8. The second-order valence-electron chi connectivity index (χ2n) is 2.90. The molecule has 1 atom stereocenters. The first-order valence-corrected chi connectivity index (χ1v) is 3.97. The van der Waals surface area contributed by atoms with Gasteiger partial charge in [0.15, 0.2) is 0 Å². The molecular weight excluding hydrogens is 128 g/mol. The fraction of sp³-hybridized carbons (Fsp3) is 1.00. The molecule has 1 rings (SSSR count). The van der Waals surface area contributed by atoms with E-state index in [0.717, 1.165) is 19.4 Å². The second kappa shape index (κ2) is 3.91. The monoisotopic (exact) mass is 144 g/mol. The van der Waals surface area contributed by atoms with Crippen molar-refractivity contribution in [2.45, 2.75) is 31.7 Å². The molecule has 0 amide bonds. The molecule has 3 heteroatoms. The number of nitrogens with two attached hydrogens (primary N) is 1. The predicted molar refractivity (Wildman–Crippen MR) is 40.2 cm³/mol. The summed E-state index contributed by atoms with van der Waals surface area (Å²) in [7, 11) is 0. The van der Waals surface area contributed by atoms with E-state index in [1.165, 1.54) is 12.8 Å². The minimum absolute atomic E-state index is 0.262. The van der Waals surface area contributed by atoms with Crippen LogP contribution in [-0.4, -0.2) is 29.3 Å². The Bertz CT molecular complexity index is 95.6. The van der Waals surface area contributed by atoms with Crippen LogP contribution in [0.1, 0.15) is 25.7 Å². The minimum atomic E-state index is 0.262. The molecule has 1 aliphatic heterocycles. The third kappa shape index (κ3) is 1.94. The summed E-state index contributed by atoms with van der Waals surface area (Å²) in [6.07, 6.45) is 4.45. The summed E-state index contributed by atoms with van der Waals surface area (Å²) < 4.78 is 0. The van der Waals surface area contributed by atoms with Crippen molar-refractivity contribution >= 4 is 0 Å². The highest BCUT2D eigenvalue weighted by molar-refractivity contribution is 4.71. The lowest BCUT2D eigenvalue weighted by atomic mass is 10.0. The average Bonchev–Trinajstić information content (AvgIpc) is 1.94. The van der Waals surface area contributed by atoms with Crippen LogP contribution < -0.4 is 5.84 Å². The maximum atomic E-state index is 8.65. The molecule has 0 bridgehead atoms. The Morgan fingerprint density at radius 1 is 1.50 bits per heavy atom. The van der Waals surface area contributed by atoms with E-state index in [4.69, 9.17) is 10.9 Å². The van der Waals surface area contributed by atoms with Gasteiger partial charge in [0, 0.05) is 19.2 Å². The van der Waals surface area contributed by atoms with Crippen molar-refractivity contribution in [2.24, 2.45) is 5.84 Å². The molecule has 60 valence electrons. The summed E-state index contributed by atoms with van der Waals surface area (Å²) in [4.78, 5) is 0. The number of rotatable bonds is 2. The number of aliphatic hydroxyl groups is 1. The zero-order valence-corrected chi connectivity index (χ0v) is 6.29. The SMILES string of the molecule is NN1CCCCC1CCO. The Labute approximate surface area is 61.8 Å². The number of hydrazine groups is 1. The molecule has 1 fully saturated rings. The minimum Gasteiger partial charge on any atom is -0.396 e. The van der Waals surface area contributed by atoms with Gasteiger partial charge in [0.05, 0.1) is 0 Å². The zero-order valence-electron chi connectivity index (χ0n) is 6.29. The molecule has 3 N–H and O–H groups in total. The molecule has 10 heavy (non-hydrogen) atoms. The van der Waals surface area contributed by atoms with Gasteiger partial charge in [-0.1, -0.05) is 6.42 Å². The smallest absolute Gasteiger partial charge is 0.0446 e. The van der Waals surface area contributed by atoms with Gasteiger partial charge in [-0.15, -0.1) is 0 Å². The van der Waals surface area contributed by atoms with Gasteiger partial charge < -0.3 is 5.11 Å². The predicted octanol–water partition coefficient (Wildman–Crippen LogP) is 0.0970. The van der Waals surface area contributed by atoms with E-state index in [-0.39, 0.29) is 6.61 Å². The summed E-state index contributed by atoms with van der Waals surface area (Å²) in [5, 5.41) is 10.5. The van der Waals surface area contributed by atoms with Crippen molar-refractivity contribution in [2.75, 3.05) is 13.2 Å². The highest BCUT2D eigenvalue weighted by Gasteiger charge is 2.17. The highest BCUT2D eigenvalue weighted by atomic mass is 16.3. The molecule has 1 saturated heterocycles. The third-order valence-corrected chi connectivity index (χ3v) is 2.14. The Hall–Kier alpha value is -0.120. The van der Waals surface area contributed by atoms with Gasteiger partial charge in [-0.3, -0.25) is 5.84 Å². The van der Waals surface area contributed by atoms with Crippen LogP contribution in [0.25, 0.3) is 0 Å². The molecule has 0 aromatic heterocycles. The van der Waals surface area contributed by atoms with Crippen molar-refractivity contribution in [3.63, 3.8) is 0 Å². The molecule has 1 heterocycles. The standard InChI is InChI=1S/C7H16N2O/c8-9-5-2-1-3-7(9)4-6-10/h7,10H,1-6,8H2. The van der Waals surface area contributed by atoms with E-state index in [1.807, 2.05) is 5.01 Å². The highest BCUT2D eigenvalue weighted by Crippen LogP contribution is 2.15. The molecule has 0 spiro atoms. The van der Waals surface area contributed by atoms with Gasteiger partial charge in [0.2, 0.25) is 0 Å². The Morgan fingerprint density at radius 2 is 2.30 bits per heavy atom. The lowest BCUT2D eigenvalue weighted by Crippen LogP contribution is -2.44. The summed E-state index contributed by atoms with van der Waals surface area (Å²) in [5.74, 6) is 5.69. The van der Waals surface area contributed by atoms with Gasteiger partial charge in [-0.25, -0.2) is 5.01 Å². The first-order chi connectivity index (χ1) is 4.84. The van der Waals surface area contributed by atoms with Crippen LogP contribution in [0.4, 0.5) is 0 Å². The van der Waals surface area contributed by atoms with Crippen LogP contribution in [0.15, 0.2) is 0 Å². The van der Waals surface area contributed by atoms with Gasteiger partial charge in [-0.2, -0.15) is 0 Å². The van der Waals surface area contributed by atoms with Crippen molar-refractivity contribution in [1.29, 1.82) is 0 Å². The van der Waals surface area contributed by atoms with E-state index >= 15 is 0 Å². The van der Waals surface area contributed by atoms with Crippen molar-refractivity contribution in [3.8, 4) is 0 Å². The lowest BCUT2D eigenvalue weighted by molar-refractivity contribution is 0.120. The number of hydrogen-bond donors (Lipinski definition) is 2. The van der Waals surface area contributed by atoms with Crippen LogP contribution in [0.2, 0.25) is 0 Å². The summed E-state index contributed by atoms with van der Waals surface area (Å²) in [6.45, 7) is 1.25. The molecule has 1 aliphatic rings. The van der Waals surface area contributed by atoms with Crippen LogP contribution in [0.3, 0.4) is 0 Å². The second-order valence-corrected chi connectivity index (χ2v) is 2.90. The van der Waals surface area contributed by atoms with E-state index in [9.17, 15) is 0 Å². The summed E-state index contributed by atoms with van der Waals surface area (Å²) in [6, 6.07) is 0.429. The van der Waals surface area contributed by atoms with Gasteiger partial charge >= 0.3 is 0 Å². The Kier molecular flexibility index (Phi) is 3.12. The van der Waals surface area contributed by atoms with Gasteiger partial charge in [-0.05, 0) is 19.3 Å². The zero-order chi connectivity index (χ0) is 7.40. The first kappa shape index (κ1) is 7.98. The fourth-order valence-corrected chi connectivity index (χ4v) is 1.48. The molecular formula is C7H16N2O. The molecule has 0 saturated carbocycles. The number of aliphatic hydroxyl groups excluding tert-OH is 1. The Morgan fingerprint density at radius 3 is 2.90 bits per heavy atom. The third-order valence-electron chi connectivity index (χ3n) is 2.14. The average molecular weight is 144 g/mol. The molecule has 0 radical (unpaired) electrons. The van der Waals surface area contributed by atoms with Crippen LogP contribution in [0, 0.1) is 0 Å². The van der Waals surface area contributed by atoms with E-state index in [0.29, 0.717) is 6.04 Å². The maximum absolute atomic E-state index is 8.65. The molecule has 0 aromatic carbocycles. The van der Waals surface area contributed by atoms with E-state index < -0.39 is 0 Å². The molecule has 0 aromatic rings. The van der Waals surface area contributed by atoms with Crippen LogP contribution >= 0.6 is 0 Å². The van der Waals surface area contributed by atoms with E-state index in [2.05, 4.69) is 0 Å². The fourth-order valence-electron chi connectivity index (χ4n) is 1.48. The van der Waals surface area contributed by atoms with Crippen molar-refractivity contribution < 1.29 is 5.11 Å². The lowest BCUT2D eigenvalue weighted by Gasteiger charge is -2.31. The number of piperidine rings is 1. The molecule has 0 aliphatic carbocycles. The van der Waals surface area contributed by atoms with Crippen LogP contribution in [-0.2, 0) is 0 Å². The van der Waals surface area contributed by atoms with E-state index in [1.54, 1.807) is 0 Å². The maximum Gasteiger partial charge on any atom is 0.0446 e. The summed E-state index contributed by atoms with van der Waals surface area (Å²) >= 11 is 0. The largest absolute Gasteiger partial charge is 0.396 e. The van der Waals surface area contributed by atoms with Gasteiger partial charge in [0.1, 0.15) is 0 Å². The quantitative estimate of drug-likeness (QED) is 0.540. The molecule has 3 nitrogen and oxygen atoms in total. The molecule has 1 unspecified atom stereocenters. The first-order valence-electron chi connectivity index (χ1n) is 3.97. The number of hydrogen-bond acceptors (Lipinski definition) is 3. The van der Waals surface area contributed by atoms with Gasteiger partial charge in [0.25, 0.3) is 0 Å². The van der Waals surface area contributed by atoms with Crippen molar-refractivity contribution in [3.05, 3.63) is 0 Å². The van der Waals surface area contributed by atoms with Crippen molar-refractivity contribution in [1.82, 2.24) is 5.01 Å².